The van der Waals surface area contributed by atoms with Crippen molar-refractivity contribution in [3.8, 4) is 0 Å². The van der Waals surface area contributed by atoms with Crippen LogP contribution in [0.2, 0.25) is 0 Å². The van der Waals surface area contributed by atoms with E-state index in [0.29, 0.717) is 5.92 Å². The Morgan fingerprint density at radius 1 is 1.50 bits per heavy atom. The predicted octanol–water partition coefficient (Wildman–Crippen LogP) is 1.85. The Morgan fingerprint density at radius 3 is 2.71 bits per heavy atom. The maximum absolute atomic E-state index is 9.62. The van der Waals surface area contributed by atoms with Crippen molar-refractivity contribution in [2.24, 2.45) is 5.92 Å². The van der Waals surface area contributed by atoms with Gasteiger partial charge in [0.1, 0.15) is 0 Å². The Kier molecular flexibility index (Phi) is 4.14. The predicted molar refractivity (Wildman–Crippen MR) is 57.1 cm³/mol. The lowest BCUT2D eigenvalue weighted by Gasteiger charge is -2.12. The second-order valence-corrected chi connectivity index (χ2v) is 4.05. The number of nitrogens with zero attached hydrogens (tertiary/aromatic N) is 2. The van der Waals surface area contributed by atoms with Crippen molar-refractivity contribution in [2.45, 2.75) is 46.3 Å². The topological polar surface area (TPSA) is 38.0 Å². The molecule has 1 rings (SSSR count). The first-order valence-electron chi connectivity index (χ1n) is 5.33. The van der Waals surface area contributed by atoms with Gasteiger partial charge in [-0.25, -0.2) is 0 Å². The Bertz CT molecular complexity index is 268. The monoisotopic (exact) mass is 196 g/mol. The van der Waals surface area contributed by atoms with Crippen LogP contribution >= 0.6 is 0 Å². The third kappa shape index (κ3) is 3.14. The lowest BCUT2D eigenvalue weighted by atomic mass is 10.0. The number of aromatic nitrogens is 2. The van der Waals surface area contributed by atoms with E-state index < -0.39 is 0 Å². The zero-order chi connectivity index (χ0) is 10.6. The third-order valence-electron chi connectivity index (χ3n) is 2.51. The van der Waals surface area contributed by atoms with Crippen LogP contribution in [0.25, 0.3) is 0 Å². The number of hydrogen-bond donors (Lipinski definition) is 1. The first-order chi connectivity index (χ1) is 6.63. The molecule has 0 aromatic carbocycles. The fourth-order valence-corrected chi connectivity index (χ4v) is 1.36. The first kappa shape index (κ1) is 11.2. The molecule has 0 saturated heterocycles. The highest BCUT2D eigenvalue weighted by Gasteiger charge is 2.09. The molecule has 3 heteroatoms. The number of aliphatic hydroxyl groups is 1. The minimum Gasteiger partial charge on any atom is -0.393 e. The van der Waals surface area contributed by atoms with Crippen molar-refractivity contribution < 1.29 is 5.11 Å². The van der Waals surface area contributed by atoms with E-state index >= 15 is 0 Å². The molecule has 0 amide bonds. The molecular weight excluding hydrogens is 176 g/mol. The van der Waals surface area contributed by atoms with E-state index in [4.69, 9.17) is 0 Å². The zero-order valence-electron chi connectivity index (χ0n) is 9.27. The Morgan fingerprint density at radius 2 is 2.21 bits per heavy atom. The summed E-state index contributed by atoms with van der Waals surface area (Å²) in [6.45, 7) is 7.06. The molecule has 0 fully saturated rings. The van der Waals surface area contributed by atoms with Gasteiger partial charge >= 0.3 is 0 Å². The number of hydrogen-bond acceptors (Lipinski definition) is 2. The van der Waals surface area contributed by atoms with Crippen molar-refractivity contribution in [3.05, 3.63) is 18.0 Å². The van der Waals surface area contributed by atoms with E-state index in [1.807, 2.05) is 30.9 Å². The molecule has 1 aromatic rings. The second-order valence-electron chi connectivity index (χ2n) is 4.05. The molecule has 1 atom stereocenters. The molecule has 0 aliphatic rings. The van der Waals surface area contributed by atoms with Crippen molar-refractivity contribution in [2.75, 3.05) is 0 Å². The molecule has 14 heavy (non-hydrogen) atoms. The molecule has 3 nitrogen and oxygen atoms in total. The van der Waals surface area contributed by atoms with Gasteiger partial charge in [-0.15, -0.1) is 0 Å². The molecule has 1 aromatic heterocycles. The first-order valence-corrected chi connectivity index (χ1v) is 5.33. The van der Waals surface area contributed by atoms with Gasteiger partial charge in [0.15, 0.2) is 0 Å². The van der Waals surface area contributed by atoms with Gasteiger partial charge in [-0.2, -0.15) is 5.10 Å². The summed E-state index contributed by atoms with van der Waals surface area (Å²) in [5.41, 5.74) is 1.21. The molecule has 0 aliphatic heterocycles. The van der Waals surface area contributed by atoms with Crippen LogP contribution in [0.1, 0.15) is 32.8 Å². The highest BCUT2D eigenvalue weighted by atomic mass is 16.3. The fraction of sp³-hybridized carbons (Fsp3) is 0.727. The van der Waals surface area contributed by atoms with Gasteiger partial charge in [0, 0.05) is 12.7 Å². The molecule has 0 bridgehead atoms. The lowest BCUT2D eigenvalue weighted by Crippen LogP contribution is -2.15. The second kappa shape index (κ2) is 5.15. The summed E-state index contributed by atoms with van der Waals surface area (Å²) in [5, 5.41) is 13.8. The molecule has 1 heterocycles. The van der Waals surface area contributed by atoms with Gasteiger partial charge in [-0.3, -0.25) is 4.68 Å². The van der Waals surface area contributed by atoms with Gasteiger partial charge in [-0.1, -0.05) is 13.8 Å². The number of aliphatic hydroxyl groups excluding tert-OH is 1. The van der Waals surface area contributed by atoms with Crippen LogP contribution in [0.4, 0.5) is 0 Å². The van der Waals surface area contributed by atoms with Crippen molar-refractivity contribution in [3.63, 3.8) is 0 Å². The van der Waals surface area contributed by atoms with Crippen molar-refractivity contribution in [1.29, 1.82) is 0 Å². The van der Waals surface area contributed by atoms with Gasteiger partial charge in [0.25, 0.3) is 0 Å². The Labute approximate surface area is 85.8 Å². The summed E-state index contributed by atoms with van der Waals surface area (Å²) in [4.78, 5) is 0. The Balaban J connectivity index is 2.37. The average Bonchev–Trinajstić information content (AvgIpc) is 2.61. The average molecular weight is 196 g/mol. The van der Waals surface area contributed by atoms with Crippen molar-refractivity contribution >= 4 is 0 Å². The summed E-state index contributed by atoms with van der Waals surface area (Å²) < 4.78 is 1.91. The molecule has 0 saturated carbocycles. The van der Waals surface area contributed by atoms with Crippen molar-refractivity contribution in [1.82, 2.24) is 9.78 Å². The molecule has 80 valence electrons. The summed E-state index contributed by atoms with van der Waals surface area (Å²) in [6.07, 6.45) is 5.48. The van der Waals surface area contributed by atoms with E-state index in [9.17, 15) is 5.11 Å². The summed E-state index contributed by atoms with van der Waals surface area (Å²) in [6, 6.07) is 0. The highest BCUT2D eigenvalue weighted by Crippen LogP contribution is 2.10. The van der Waals surface area contributed by atoms with Crippen LogP contribution in [0, 0.1) is 5.92 Å². The normalized spacial score (nSPS) is 13.5. The zero-order valence-corrected chi connectivity index (χ0v) is 9.27. The van der Waals surface area contributed by atoms with Crippen LogP contribution in [0.3, 0.4) is 0 Å². The number of aryl methyl sites for hydroxylation is 2. The fourth-order valence-electron chi connectivity index (χ4n) is 1.36. The largest absolute Gasteiger partial charge is 0.393 e. The SMILES string of the molecule is CCn1cc(CCC(O)C(C)C)cn1. The van der Waals surface area contributed by atoms with Crippen LogP contribution in [0.5, 0.6) is 0 Å². The minimum absolute atomic E-state index is 0.194. The van der Waals surface area contributed by atoms with E-state index in [1.165, 1.54) is 5.56 Å². The van der Waals surface area contributed by atoms with Crippen LogP contribution in [-0.4, -0.2) is 21.0 Å². The molecule has 1 unspecified atom stereocenters. The van der Waals surface area contributed by atoms with Crippen LogP contribution in [0.15, 0.2) is 12.4 Å². The maximum Gasteiger partial charge on any atom is 0.0566 e. The van der Waals surface area contributed by atoms with Gasteiger partial charge in [-0.05, 0) is 31.2 Å². The maximum atomic E-state index is 9.62. The van der Waals surface area contributed by atoms with Gasteiger partial charge in [0.05, 0.1) is 12.3 Å². The van der Waals surface area contributed by atoms with E-state index in [-0.39, 0.29) is 6.10 Å². The van der Waals surface area contributed by atoms with E-state index in [2.05, 4.69) is 12.0 Å². The highest BCUT2D eigenvalue weighted by molar-refractivity contribution is 5.04. The molecule has 1 N–H and O–H groups in total. The van der Waals surface area contributed by atoms with E-state index in [1.54, 1.807) is 0 Å². The van der Waals surface area contributed by atoms with Gasteiger partial charge in [0.2, 0.25) is 0 Å². The van der Waals surface area contributed by atoms with E-state index in [0.717, 1.165) is 19.4 Å². The molecule has 0 aliphatic carbocycles. The third-order valence-corrected chi connectivity index (χ3v) is 2.51. The molecule has 0 radical (unpaired) electrons. The minimum atomic E-state index is -0.194. The smallest absolute Gasteiger partial charge is 0.0566 e. The standard InChI is InChI=1S/C11H20N2O/c1-4-13-8-10(7-12-13)5-6-11(14)9(2)3/h7-9,11,14H,4-6H2,1-3H3. The van der Waals surface area contributed by atoms with Crippen LogP contribution in [-0.2, 0) is 13.0 Å². The quantitative estimate of drug-likeness (QED) is 0.780. The van der Waals surface area contributed by atoms with Crippen LogP contribution < -0.4 is 0 Å². The summed E-state index contributed by atoms with van der Waals surface area (Å²) in [5.74, 6) is 0.344. The lowest BCUT2D eigenvalue weighted by molar-refractivity contribution is 0.116. The van der Waals surface area contributed by atoms with Gasteiger partial charge < -0.3 is 5.11 Å². The molecule has 0 spiro atoms. The summed E-state index contributed by atoms with van der Waals surface area (Å²) in [7, 11) is 0. The molecular formula is C11H20N2O. The number of rotatable bonds is 5. The Hall–Kier alpha value is -0.830. The summed E-state index contributed by atoms with van der Waals surface area (Å²) >= 11 is 0.